The fourth-order valence-corrected chi connectivity index (χ4v) is 1.23. The van der Waals surface area contributed by atoms with Gasteiger partial charge in [-0.1, -0.05) is 25.6 Å². The van der Waals surface area contributed by atoms with Crippen molar-refractivity contribution >= 4 is 17.5 Å². The van der Waals surface area contributed by atoms with Crippen LogP contribution in [0, 0.1) is 0 Å². The second kappa shape index (κ2) is 8.75. The Bertz CT molecular complexity index is 378. The fourth-order valence-electron chi connectivity index (χ4n) is 0.879. The highest BCUT2D eigenvalue weighted by Gasteiger charge is 2.04. The van der Waals surface area contributed by atoms with Crippen LogP contribution in [0.25, 0.3) is 0 Å². The Morgan fingerprint density at radius 1 is 1.41 bits per heavy atom. The maximum atomic E-state index is 11.6. The van der Waals surface area contributed by atoms with Gasteiger partial charge in [-0.05, 0) is 12.3 Å². The standard InChI is InChI=1S/C10H13N3OS.C2H6/c1-13(2)7-5-9(14)8-4-6-11-10(12-8)15-3;1-2/h4-7H,1-3H3;1-2H3/b7-5+;. The minimum Gasteiger partial charge on any atom is -0.383 e. The molecule has 5 heteroatoms. The summed E-state index contributed by atoms with van der Waals surface area (Å²) in [5.41, 5.74) is 0.424. The molecule has 0 aliphatic rings. The van der Waals surface area contributed by atoms with E-state index in [1.165, 1.54) is 17.8 Å². The van der Waals surface area contributed by atoms with Gasteiger partial charge in [0.15, 0.2) is 5.16 Å². The average molecular weight is 253 g/mol. The molecule has 0 radical (unpaired) electrons. The van der Waals surface area contributed by atoms with E-state index < -0.39 is 0 Å². The molecule has 1 aromatic heterocycles. The molecular weight excluding hydrogens is 234 g/mol. The lowest BCUT2D eigenvalue weighted by atomic mass is 10.3. The van der Waals surface area contributed by atoms with Crippen LogP contribution in [-0.4, -0.2) is 41.0 Å². The zero-order chi connectivity index (χ0) is 13.3. The minimum atomic E-state index is -0.110. The molecule has 0 fully saturated rings. The quantitative estimate of drug-likeness (QED) is 0.357. The summed E-state index contributed by atoms with van der Waals surface area (Å²) in [6.45, 7) is 4.00. The van der Waals surface area contributed by atoms with Gasteiger partial charge >= 0.3 is 0 Å². The summed E-state index contributed by atoms with van der Waals surface area (Å²) in [4.78, 5) is 21.5. The molecule has 0 atom stereocenters. The van der Waals surface area contributed by atoms with Crippen molar-refractivity contribution in [2.24, 2.45) is 0 Å². The molecular formula is C12H19N3OS. The molecule has 0 aromatic carbocycles. The molecule has 17 heavy (non-hydrogen) atoms. The van der Waals surface area contributed by atoms with Crippen LogP contribution in [0.4, 0.5) is 0 Å². The van der Waals surface area contributed by atoms with Gasteiger partial charge < -0.3 is 4.90 Å². The highest BCUT2D eigenvalue weighted by atomic mass is 32.2. The Morgan fingerprint density at radius 3 is 2.59 bits per heavy atom. The van der Waals surface area contributed by atoms with E-state index >= 15 is 0 Å². The number of allylic oxidation sites excluding steroid dienone is 1. The summed E-state index contributed by atoms with van der Waals surface area (Å²) < 4.78 is 0. The van der Waals surface area contributed by atoms with Crippen LogP contribution in [0.15, 0.2) is 29.7 Å². The summed E-state index contributed by atoms with van der Waals surface area (Å²) in [5, 5.41) is 0.610. The van der Waals surface area contributed by atoms with Crippen molar-refractivity contribution in [2.45, 2.75) is 19.0 Å². The number of hydrogen-bond donors (Lipinski definition) is 0. The molecule has 0 spiro atoms. The topological polar surface area (TPSA) is 46.1 Å². The van der Waals surface area contributed by atoms with Gasteiger partial charge in [0, 0.05) is 32.6 Å². The van der Waals surface area contributed by atoms with Crippen LogP contribution >= 0.6 is 11.8 Å². The van der Waals surface area contributed by atoms with Crippen LogP contribution in [-0.2, 0) is 0 Å². The van der Waals surface area contributed by atoms with Crippen molar-refractivity contribution in [1.29, 1.82) is 0 Å². The molecule has 1 heterocycles. The summed E-state index contributed by atoms with van der Waals surface area (Å²) in [7, 11) is 3.72. The van der Waals surface area contributed by atoms with E-state index in [0.717, 1.165) is 0 Å². The molecule has 4 nitrogen and oxygen atoms in total. The first-order valence-electron chi connectivity index (χ1n) is 5.39. The van der Waals surface area contributed by atoms with Gasteiger partial charge in [-0.25, -0.2) is 9.97 Å². The summed E-state index contributed by atoms with van der Waals surface area (Å²) in [5.74, 6) is -0.110. The number of carbonyl (C=O) groups is 1. The fraction of sp³-hybridized carbons (Fsp3) is 0.417. The predicted molar refractivity (Wildman–Crippen MR) is 72.3 cm³/mol. The molecule has 0 amide bonds. The average Bonchev–Trinajstić information content (AvgIpc) is 2.38. The summed E-state index contributed by atoms with van der Waals surface area (Å²) >= 11 is 1.42. The van der Waals surface area contributed by atoms with Gasteiger partial charge in [0.1, 0.15) is 5.69 Å². The monoisotopic (exact) mass is 253 g/mol. The van der Waals surface area contributed by atoms with Crippen molar-refractivity contribution in [3.8, 4) is 0 Å². The highest BCUT2D eigenvalue weighted by Crippen LogP contribution is 2.08. The van der Waals surface area contributed by atoms with Crippen molar-refractivity contribution in [3.05, 3.63) is 30.2 Å². The second-order valence-electron chi connectivity index (χ2n) is 3.07. The van der Waals surface area contributed by atoms with Crippen molar-refractivity contribution in [2.75, 3.05) is 20.4 Å². The number of carbonyl (C=O) groups excluding carboxylic acids is 1. The Kier molecular flexibility index (Phi) is 8.05. The van der Waals surface area contributed by atoms with Gasteiger partial charge in [0.05, 0.1) is 0 Å². The first-order valence-corrected chi connectivity index (χ1v) is 6.62. The lowest BCUT2D eigenvalue weighted by Crippen LogP contribution is -2.05. The molecule has 94 valence electrons. The summed E-state index contributed by atoms with van der Waals surface area (Å²) in [6, 6.07) is 1.61. The summed E-state index contributed by atoms with van der Waals surface area (Å²) in [6.07, 6.45) is 6.66. The zero-order valence-electron chi connectivity index (χ0n) is 11.0. The van der Waals surface area contributed by atoms with Crippen molar-refractivity contribution in [3.63, 3.8) is 0 Å². The Labute approximate surface area is 107 Å². The Morgan fingerprint density at radius 2 is 2.06 bits per heavy atom. The van der Waals surface area contributed by atoms with E-state index in [-0.39, 0.29) is 5.78 Å². The van der Waals surface area contributed by atoms with E-state index in [9.17, 15) is 4.79 Å². The zero-order valence-corrected chi connectivity index (χ0v) is 11.8. The van der Waals surface area contributed by atoms with E-state index in [4.69, 9.17) is 0 Å². The molecule has 1 rings (SSSR count). The molecule has 0 saturated carbocycles. The van der Waals surface area contributed by atoms with E-state index in [1.54, 1.807) is 23.4 Å². The van der Waals surface area contributed by atoms with Gasteiger partial charge in [0.2, 0.25) is 5.78 Å². The van der Waals surface area contributed by atoms with Gasteiger partial charge in [-0.2, -0.15) is 0 Å². The molecule has 0 bridgehead atoms. The molecule has 0 saturated heterocycles. The number of aromatic nitrogens is 2. The van der Waals surface area contributed by atoms with E-state index in [0.29, 0.717) is 10.9 Å². The lowest BCUT2D eigenvalue weighted by molar-refractivity contribution is 0.104. The maximum absolute atomic E-state index is 11.6. The molecule has 0 N–H and O–H groups in total. The number of rotatable bonds is 4. The van der Waals surface area contributed by atoms with E-state index in [1.807, 2.05) is 34.2 Å². The number of hydrogen-bond acceptors (Lipinski definition) is 5. The third kappa shape index (κ3) is 6.06. The Balaban J connectivity index is 0.00000121. The van der Waals surface area contributed by atoms with Gasteiger partial charge in [0.25, 0.3) is 0 Å². The van der Waals surface area contributed by atoms with Gasteiger partial charge in [-0.15, -0.1) is 0 Å². The Hall–Kier alpha value is -1.36. The smallest absolute Gasteiger partial charge is 0.205 e. The molecule has 1 aromatic rings. The van der Waals surface area contributed by atoms with E-state index in [2.05, 4.69) is 9.97 Å². The van der Waals surface area contributed by atoms with Crippen LogP contribution in [0.5, 0.6) is 0 Å². The second-order valence-corrected chi connectivity index (χ2v) is 3.85. The predicted octanol–water partition coefficient (Wildman–Crippen LogP) is 2.48. The van der Waals surface area contributed by atoms with Crippen LogP contribution < -0.4 is 0 Å². The van der Waals surface area contributed by atoms with Crippen LogP contribution in [0.3, 0.4) is 0 Å². The third-order valence-corrected chi connectivity index (χ3v) is 2.15. The van der Waals surface area contributed by atoms with Crippen LogP contribution in [0.2, 0.25) is 0 Å². The van der Waals surface area contributed by atoms with Crippen molar-refractivity contribution < 1.29 is 4.79 Å². The maximum Gasteiger partial charge on any atom is 0.205 e. The van der Waals surface area contributed by atoms with Gasteiger partial charge in [-0.3, -0.25) is 4.79 Å². The first kappa shape index (κ1) is 15.6. The first-order chi connectivity index (χ1) is 8.13. The SMILES string of the molecule is CC.CSc1nccc(C(=O)/C=C/N(C)C)n1. The lowest BCUT2D eigenvalue weighted by Gasteiger charge is -2.02. The number of nitrogens with zero attached hydrogens (tertiary/aromatic N) is 3. The highest BCUT2D eigenvalue weighted by molar-refractivity contribution is 7.98. The molecule has 0 unspecified atom stereocenters. The number of ketones is 1. The molecule has 0 aliphatic carbocycles. The third-order valence-electron chi connectivity index (χ3n) is 1.59. The normalized spacial score (nSPS) is 9.71. The minimum absolute atomic E-state index is 0.110. The number of thioether (sulfide) groups is 1. The molecule has 0 aliphatic heterocycles. The van der Waals surface area contributed by atoms with Crippen LogP contribution in [0.1, 0.15) is 24.3 Å². The van der Waals surface area contributed by atoms with Crippen molar-refractivity contribution in [1.82, 2.24) is 14.9 Å². The largest absolute Gasteiger partial charge is 0.383 e.